The van der Waals surface area contributed by atoms with Crippen LogP contribution >= 0.6 is 0 Å². The highest BCUT2D eigenvalue weighted by Crippen LogP contribution is 2.21. The molecule has 2 rings (SSSR count). The molecule has 0 aromatic carbocycles. The number of carboxylic acid groups (broad SMARTS) is 1. The van der Waals surface area contributed by atoms with Crippen molar-refractivity contribution in [3.8, 4) is 0 Å². The highest BCUT2D eigenvalue weighted by Gasteiger charge is 2.21. The Kier molecular flexibility index (Phi) is 3.49. The molecule has 0 radical (unpaired) electrons. The smallest absolute Gasteiger partial charge is 0.325 e. The molecule has 9 nitrogen and oxygen atoms in total. The van der Waals surface area contributed by atoms with E-state index >= 15 is 0 Å². The van der Waals surface area contributed by atoms with Crippen LogP contribution in [0.1, 0.15) is 11.3 Å². The summed E-state index contributed by atoms with van der Waals surface area (Å²) in [6, 6.07) is 0. The first kappa shape index (κ1) is 14.1. The number of aromatic nitrogens is 3. The van der Waals surface area contributed by atoms with Crippen LogP contribution in [0.25, 0.3) is 0 Å². The molecule has 0 fully saturated rings. The molecule has 0 aliphatic carbocycles. The average Bonchev–Trinajstić information content (AvgIpc) is 2.91. The van der Waals surface area contributed by atoms with Gasteiger partial charge in [-0.3, -0.25) is 9.48 Å². The minimum Gasteiger partial charge on any atom is -0.480 e. The molecule has 0 atom stereocenters. The van der Waals surface area contributed by atoms with Gasteiger partial charge in [-0.25, -0.2) is 13.1 Å². The van der Waals surface area contributed by atoms with Gasteiger partial charge in [0.2, 0.25) is 5.88 Å². The first-order valence-corrected chi connectivity index (χ1v) is 6.98. The number of anilines is 1. The van der Waals surface area contributed by atoms with E-state index in [2.05, 4.69) is 15.0 Å². The maximum atomic E-state index is 12.1. The topological polar surface area (TPSA) is 127 Å². The maximum Gasteiger partial charge on any atom is 0.325 e. The molecular weight excluding hydrogens is 288 g/mol. The van der Waals surface area contributed by atoms with Crippen LogP contribution in [-0.2, 0) is 21.4 Å². The fourth-order valence-electron chi connectivity index (χ4n) is 1.40. The van der Waals surface area contributed by atoms with Gasteiger partial charge in [-0.05, 0) is 13.8 Å². The Bertz CT molecular complexity index is 746. The van der Waals surface area contributed by atoms with Crippen LogP contribution in [-0.4, -0.2) is 34.4 Å². The number of carbonyl (C=O) groups is 1. The molecule has 0 unspecified atom stereocenters. The number of nitrogens with zero attached hydrogens (tertiary/aromatic N) is 3. The Labute approximate surface area is 114 Å². The van der Waals surface area contributed by atoms with E-state index in [1.165, 1.54) is 0 Å². The van der Waals surface area contributed by atoms with E-state index in [4.69, 9.17) is 9.63 Å². The average molecular weight is 300 g/mol. The lowest BCUT2D eigenvalue weighted by molar-refractivity contribution is -0.137. The molecule has 2 N–H and O–H groups in total. The number of aliphatic carboxylic acids is 1. The van der Waals surface area contributed by atoms with Crippen LogP contribution in [0, 0.1) is 13.8 Å². The largest absolute Gasteiger partial charge is 0.480 e. The second-order valence-corrected chi connectivity index (χ2v) is 5.78. The Morgan fingerprint density at radius 1 is 1.50 bits per heavy atom. The zero-order valence-corrected chi connectivity index (χ0v) is 11.5. The third-order valence-electron chi connectivity index (χ3n) is 2.60. The van der Waals surface area contributed by atoms with Gasteiger partial charge < -0.3 is 9.63 Å². The molecular formula is C10H12N4O5S. The van der Waals surface area contributed by atoms with Gasteiger partial charge in [0, 0.05) is 11.8 Å². The van der Waals surface area contributed by atoms with E-state index in [9.17, 15) is 13.2 Å². The van der Waals surface area contributed by atoms with Gasteiger partial charge >= 0.3 is 5.97 Å². The molecule has 0 amide bonds. The number of rotatable bonds is 5. The van der Waals surface area contributed by atoms with Gasteiger partial charge in [-0.2, -0.15) is 5.10 Å². The van der Waals surface area contributed by atoms with Gasteiger partial charge in [-0.1, -0.05) is 5.16 Å². The predicted octanol–water partition coefficient (Wildman–Crippen LogP) is 0.373. The molecule has 2 aromatic heterocycles. The van der Waals surface area contributed by atoms with Gasteiger partial charge in [-0.15, -0.1) is 0 Å². The molecule has 0 saturated heterocycles. The van der Waals surface area contributed by atoms with Gasteiger partial charge in [0.05, 0.1) is 11.9 Å². The van der Waals surface area contributed by atoms with Crippen molar-refractivity contribution >= 4 is 21.9 Å². The number of sulfonamides is 1. The number of carboxylic acids is 1. The molecule has 10 heteroatoms. The molecule has 0 bridgehead atoms. The SMILES string of the molecule is Cc1noc(NS(=O)(=O)c2cnn(CC(=O)O)c2)c1C. The van der Waals surface area contributed by atoms with E-state index in [0.717, 1.165) is 17.1 Å². The van der Waals surface area contributed by atoms with Crippen LogP contribution in [0.15, 0.2) is 21.8 Å². The number of hydrogen-bond donors (Lipinski definition) is 2. The van der Waals surface area contributed by atoms with E-state index in [0.29, 0.717) is 11.3 Å². The lowest BCUT2D eigenvalue weighted by Gasteiger charge is -2.02. The number of hydrogen-bond acceptors (Lipinski definition) is 6. The molecule has 0 aliphatic heterocycles. The quantitative estimate of drug-likeness (QED) is 0.816. The zero-order chi connectivity index (χ0) is 14.9. The van der Waals surface area contributed by atoms with Gasteiger partial charge in [0.15, 0.2) is 0 Å². The monoisotopic (exact) mass is 300 g/mol. The lowest BCUT2D eigenvalue weighted by atomic mass is 10.3. The molecule has 0 saturated carbocycles. The molecule has 2 aromatic rings. The third kappa shape index (κ3) is 2.79. The first-order valence-electron chi connectivity index (χ1n) is 5.49. The highest BCUT2D eigenvalue weighted by molar-refractivity contribution is 7.92. The summed E-state index contributed by atoms with van der Waals surface area (Å²) in [6.45, 7) is 2.93. The number of aryl methyl sites for hydroxylation is 1. The normalized spacial score (nSPS) is 11.5. The van der Waals surface area contributed by atoms with Crippen LogP contribution in [0.3, 0.4) is 0 Å². The molecule has 108 valence electrons. The fraction of sp³-hybridized carbons (Fsp3) is 0.300. The molecule has 0 aliphatic rings. The van der Waals surface area contributed by atoms with Crippen molar-refractivity contribution in [3.63, 3.8) is 0 Å². The lowest BCUT2D eigenvalue weighted by Crippen LogP contribution is -2.13. The first-order chi connectivity index (χ1) is 9.29. The van der Waals surface area contributed by atoms with Crippen molar-refractivity contribution in [2.24, 2.45) is 0 Å². The van der Waals surface area contributed by atoms with Crippen molar-refractivity contribution in [2.75, 3.05) is 4.72 Å². The van der Waals surface area contributed by atoms with Crippen LogP contribution in [0.4, 0.5) is 5.88 Å². The standard InChI is InChI=1S/C10H12N4O5S/c1-6-7(2)12-19-10(6)13-20(17,18)8-3-11-14(4-8)5-9(15)16/h3-4,13H,5H2,1-2H3,(H,15,16). The maximum absolute atomic E-state index is 12.1. The van der Waals surface area contributed by atoms with Crippen molar-refractivity contribution in [1.82, 2.24) is 14.9 Å². The second-order valence-electron chi connectivity index (χ2n) is 4.09. The minimum atomic E-state index is -3.90. The van der Waals surface area contributed by atoms with Gasteiger partial charge in [0.1, 0.15) is 11.4 Å². The van der Waals surface area contributed by atoms with Gasteiger partial charge in [0.25, 0.3) is 10.0 Å². The Hall–Kier alpha value is -2.36. The minimum absolute atomic E-state index is 0.0217. The predicted molar refractivity (Wildman–Crippen MR) is 66.6 cm³/mol. The van der Waals surface area contributed by atoms with Crippen molar-refractivity contribution in [1.29, 1.82) is 0 Å². The van der Waals surface area contributed by atoms with Crippen LogP contribution < -0.4 is 4.72 Å². The second kappa shape index (κ2) is 4.96. The third-order valence-corrected chi connectivity index (χ3v) is 3.89. The Balaban J connectivity index is 2.24. The summed E-state index contributed by atoms with van der Waals surface area (Å²) in [7, 11) is -3.90. The summed E-state index contributed by atoms with van der Waals surface area (Å²) in [6.07, 6.45) is 2.18. The fourth-order valence-corrected chi connectivity index (χ4v) is 2.40. The summed E-state index contributed by atoms with van der Waals surface area (Å²) >= 11 is 0. The summed E-state index contributed by atoms with van der Waals surface area (Å²) in [4.78, 5) is 10.4. The van der Waals surface area contributed by atoms with E-state index in [1.54, 1.807) is 13.8 Å². The van der Waals surface area contributed by atoms with E-state index in [1.807, 2.05) is 0 Å². The molecule has 2 heterocycles. The molecule has 20 heavy (non-hydrogen) atoms. The summed E-state index contributed by atoms with van der Waals surface area (Å²) in [5.41, 5.74) is 1.15. The van der Waals surface area contributed by atoms with E-state index < -0.39 is 22.5 Å². The van der Waals surface area contributed by atoms with Crippen molar-refractivity contribution in [3.05, 3.63) is 23.7 Å². The zero-order valence-electron chi connectivity index (χ0n) is 10.7. The summed E-state index contributed by atoms with van der Waals surface area (Å²) in [5, 5.41) is 15.9. The summed E-state index contributed by atoms with van der Waals surface area (Å²) in [5.74, 6) is -1.10. The van der Waals surface area contributed by atoms with Crippen LogP contribution in [0.2, 0.25) is 0 Å². The molecule has 0 spiro atoms. The highest BCUT2D eigenvalue weighted by atomic mass is 32.2. The summed E-state index contributed by atoms with van der Waals surface area (Å²) < 4.78 is 32.2. The van der Waals surface area contributed by atoms with Crippen LogP contribution in [0.5, 0.6) is 0 Å². The van der Waals surface area contributed by atoms with Crippen molar-refractivity contribution < 1.29 is 22.8 Å². The Morgan fingerprint density at radius 2 is 2.20 bits per heavy atom. The number of nitrogens with one attached hydrogen (secondary N) is 1. The van der Waals surface area contributed by atoms with E-state index in [-0.39, 0.29) is 10.8 Å². The Morgan fingerprint density at radius 3 is 2.75 bits per heavy atom. The van der Waals surface area contributed by atoms with Crippen molar-refractivity contribution in [2.45, 2.75) is 25.3 Å².